The van der Waals surface area contributed by atoms with Crippen LogP contribution in [0.15, 0.2) is 16.5 Å². The Labute approximate surface area is 182 Å². The van der Waals surface area contributed by atoms with E-state index in [1.54, 1.807) is 0 Å². The van der Waals surface area contributed by atoms with Crippen LogP contribution in [-0.4, -0.2) is 61.2 Å². The minimum Gasteiger partial charge on any atom is -0.424 e. The van der Waals surface area contributed by atoms with Gasteiger partial charge >= 0.3 is 0 Å². The lowest BCUT2D eigenvalue weighted by atomic mass is 9.92. The van der Waals surface area contributed by atoms with Crippen LogP contribution in [0.5, 0.6) is 0 Å². The van der Waals surface area contributed by atoms with Crippen LogP contribution < -0.4 is 0 Å². The van der Waals surface area contributed by atoms with Gasteiger partial charge in [0, 0.05) is 30.5 Å². The molecule has 2 aliphatic heterocycles. The largest absolute Gasteiger partial charge is 0.424 e. The molecule has 5 rings (SSSR count). The summed E-state index contributed by atoms with van der Waals surface area (Å²) in [5.74, 6) is 3.15. The van der Waals surface area contributed by atoms with E-state index in [2.05, 4.69) is 52.1 Å². The fraction of sp³-hybridized carbons (Fsp3) is 0.682. The Morgan fingerprint density at radius 1 is 0.935 bits per heavy atom. The lowest BCUT2D eigenvalue weighted by Crippen LogP contribution is -2.33. The molecule has 9 heteroatoms. The van der Waals surface area contributed by atoms with Crippen molar-refractivity contribution in [2.75, 3.05) is 26.3 Å². The molecule has 2 aliphatic rings. The average molecular weight is 426 g/mol. The van der Waals surface area contributed by atoms with Crippen molar-refractivity contribution < 1.29 is 9.15 Å². The van der Waals surface area contributed by atoms with Crippen molar-refractivity contribution in [3.8, 4) is 0 Å². The van der Waals surface area contributed by atoms with Gasteiger partial charge in [0.1, 0.15) is 0 Å². The summed E-state index contributed by atoms with van der Waals surface area (Å²) in [7, 11) is 0. The zero-order valence-electron chi connectivity index (χ0n) is 18.6. The summed E-state index contributed by atoms with van der Waals surface area (Å²) in [5, 5.41) is 22.3. The SMILES string of the molecule is CC(C)(C)c1ccc2nnc(C3CCN(Cc4nnc(C5CCOCC5)o4)CC3)n2n1. The molecule has 0 unspecified atom stereocenters. The highest BCUT2D eigenvalue weighted by Gasteiger charge is 2.28. The summed E-state index contributed by atoms with van der Waals surface area (Å²) in [6, 6.07) is 4.07. The summed E-state index contributed by atoms with van der Waals surface area (Å²) in [6.07, 6.45) is 3.96. The van der Waals surface area contributed by atoms with Crippen LogP contribution in [0.3, 0.4) is 0 Å². The summed E-state index contributed by atoms with van der Waals surface area (Å²) in [5.41, 5.74) is 1.86. The highest BCUT2D eigenvalue weighted by molar-refractivity contribution is 5.37. The van der Waals surface area contributed by atoms with Gasteiger partial charge in [0.2, 0.25) is 11.8 Å². The van der Waals surface area contributed by atoms with E-state index < -0.39 is 0 Å². The molecule has 0 bridgehead atoms. The quantitative estimate of drug-likeness (QED) is 0.629. The molecule has 0 spiro atoms. The van der Waals surface area contributed by atoms with E-state index in [0.29, 0.717) is 24.3 Å². The van der Waals surface area contributed by atoms with Crippen molar-refractivity contribution in [3.05, 3.63) is 35.4 Å². The lowest BCUT2D eigenvalue weighted by molar-refractivity contribution is 0.0787. The third-order valence-electron chi connectivity index (χ3n) is 6.42. The van der Waals surface area contributed by atoms with Gasteiger partial charge in [0.25, 0.3) is 0 Å². The maximum Gasteiger partial charge on any atom is 0.230 e. The van der Waals surface area contributed by atoms with Gasteiger partial charge in [-0.1, -0.05) is 20.8 Å². The number of ether oxygens (including phenoxy) is 1. The number of fused-ring (bicyclic) bond motifs is 1. The first-order valence-corrected chi connectivity index (χ1v) is 11.3. The minimum absolute atomic E-state index is 0.00727. The number of rotatable bonds is 4. The Balaban J connectivity index is 1.22. The van der Waals surface area contributed by atoms with Crippen LogP contribution in [0.4, 0.5) is 0 Å². The molecule has 0 aromatic carbocycles. The van der Waals surface area contributed by atoms with Crippen LogP contribution in [0.1, 0.15) is 81.6 Å². The minimum atomic E-state index is -0.00727. The predicted molar refractivity (Wildman–Crippen MR) is 114 cm³/mol. The summed E-state index contributed by atoms with van der Waals surface area (Å²) in [6.45, 7) is 10.7. The second-order valence-electron chi connectivity index (χ2n) is 9.77. The zero-order valence-corrected chi connectivity index (χ0v) is 18.6. The van der Waals surface area contributed by atoms with Crippen LogP contribution >= 0.6 is 0 Å². The normalized spacial score (nSPS) is 20.0. The molecule has 3 aromatic rings. The molecule has 3 aromatic heterocycles. The van der Waals surface area contributed by atoms with Gasteiger partial charge < -0.3 is 9.15 Å². The van der Waals surface area contributed by atoms with Crippen LogP contribution in [0.25, 0.3) is 5.65 Å². The fourth-order valence-corrected chi connectivity index (χ4v) is 4.44. The Morgan fingerprint density at radius 3 is 2.45 bits per heavy atom. The number of likely N-dealkylation sites (tertiary alicyclic amines) is 1. The molecule has 2 saturated heterocycles. The summed E-state index contributed by atoms with van der Waals surface area (Å²) >= 11 is 0. The predicted octanol–water partition coefficient (Wildman–Crippen LogP) is 3.08. The van der Waals surface area contributed by atoms with Gasteiger partial charge in [0.05, 0.1) is 12.2 Å². The summed E-state index contributed by atoms with van der Waals surface area (Å²) < 4.78 is 13.3. The van der Waals surface area contributed by atoms with Crippen molar-refractivity contribution in [1.29, 1.82) is 0 Å². The van der Waals surface area contributed by atoms with Gasteiger partial charge in [-0.2, -0.15) is 9.61 Å². The van der Waals surface area contributed by atoms with Crippen LogP contribution in [-0.2, 0) is 16.7 Å². The van der Waals surface area contributed by atoms with Gasteiger partial charge in [-0.3, -0.25) is 4.90 Å². The number of nitrogens with zero attached hydrogens (tertiary/aromatic N) is 7. The highest BCUT2D eigenvalue weighted by atomic mass is 16.5. The van der Waals surface area contributed by atoms with Gasteiger partial charge in [-0.25, -0.2) is 0 Å². The highest BCUT2D eigenvalue weighted by Crippen LogP contribution is 2.29. The molecule has 2 fully saturated rings. The Kier molecular flexibility index (Phi) is 5.47. The number of aromatic nitrogens is 6. The van der Waals surface area contributed by atoms with E-state index in [0.717, 1.165) is 75.0 Å². The van der Waals surface area contributed by atoms with Crippen molar-refractivity contribution in [1.82, 2.24) is 34.9 Å². The van der Waals surface area contributed by atoms with E-state index in [1.807, 2.05) is 10.6 Å². The van der Waals surface area contributed by atoms with Crippen molar-refractivity contribution in [2.24, 2.45) is 0 Å². The van der Waals surface area contributed by atoms with Crippen LogP contribution in [0.2, 0.25) is 0 Å². The Bertz CT molecular complexity index is 1020. The second-order valence-corrected chi connectivity index (χ2v) is 9.77. The molecule has 5 heterocycles. The lowest BCUT2D eigenvalue weighted by Gasteiger charge is -2.30. The number of hydrogen-bond acceptors (Lipinski definition) is 8. The molecule has 0 N–H and O–H groups in total. The first-order chi connectivity index (χ1) is 15.0. The van der Waals surface area contributed by atoms with Crippen molar-refractivity contribution >= 4 is 5.65 Å². The first-order valence-electron chi connectivity index (χ1n) is 11.3. The van der Waals surface area contributed by atoms with Crippen molar-refractivity contribution in [2.45, 2.75) is 70.3 Å². The number of hydrogen-bond donors (Lipinski definition) is 0. The van der Waals surface area contributed by atoms with Gasteiger partial charge in [-0.05, 0) is 50.9 Å². The second kappa shape index (κ2) is 8.27. The smallest absolute Gasteiger partial charge is 0.230 e. The molecular formula is C22H31N7O2. The third-order valence-corrected chi connectivity index (χ3v) is 6.42. The topological polar surface area (TPSA) is 94.5 Å². The first kappa shape index (κ1) is 20.5. The van der Waals surface area contributed by atoms with E-state index in [-0.39, 0.29) is 5.41 Å². The molecule has 0 aliphatic carbocycles. The van der Waals surface area contributed by atoms with E-state index in [4.69, 9.17) is 14.3 Å². The van der Waals surface area contributed by atoms with Gasteiger partial charge in [0.15, 0.2) is 11.5 Å². The standard InChI is InChI=1S/C22H31N7O2/c1-22(2,3)17-4-5-18-23-25-20(29(18)27-17)15-6-10-28(11-7-15)14-19-24-26-21(31-19)16-8-12-30-13-9-16/h4-5,15-16H,6-14H2,1-3H3. The Hall–Kier alpha value is -2.39. The maximum atomic E-state index is 5.97. The molecule has 31 heavy (non-hydrogen) atoms. The molecule has 0 amide bonds. The molecule has 9 nitrogen and oxygen atoms in total. The average Bonchev–Trinajstić information content (AvgIpc) is 3.41. The van der Waals surface area contributed by atoms with E-state index in [1.165, 1.54) is 0 Å². The Morgan fingerprint density at radius 2 is 1.71 bits per heavy atom. The zero-order chi connectivity index (χ0) is 21.4. The number of piperidine rings is 1. The monoisotopic (exact) mass is 425 g/mol. The molecule has 0 radical (unpaired) electrons. The third kappa shape index (κ3) is 4.34. The van der Waals surface area contributed by atoms with E-state index in [9.17, 15) is 0 Å². The molecule has 0 atom stereocenters. The molecular weight excluding hydrogens is 394 g/mol. The van der Waals surface area contributed by atoms with Crippen LogP contribution in [0, 0.1) is 0 Å². The van der Waals surface area contributed by atoms with E-state index >= 15 is 0 Å². The van der Waals surface area contributed by atoms with Gasteiger partial charge in [-0.15, -0.1) is 20.4 Å². The van der Waals surface area contributed by atoms with Crippen molar-refractivity contribution in [3.63, 3.8) is 0 Å². The molecule has 166 valence electrons. The maximum absolute atomic E-state index is 5.97. The fourth-order valence-electron chi connectivity index (χ4n) is 4.44. The summed E-state index contributed by atoms with van der Waals surface area (Å²) in [4.78, 5) is 2.38. The molecule has 0 saturated carbocycles.